The number of halogens is 1. The van der Waals surface area contributed by atoms with Crippen molar-refractivity contribution >= 4 is 27.5 Å². The first kappa shape index (κ1) is 13.7. The molecule has 3 nitrogen and oxygen atoms in total. The first-order valence-electron chi connectivity index (χ1n) is 6.09. The predicted molar refractivity (Wildman–Crippen MR) is 80.9 cm³/mol. The average Bonchev–Trinajstić information content (AvgIpc) is 2.41. The standard InChI is InChI=1S/C15H15BrN2O/c1-11-3-2-4-14(17-11)15(19)18-13-7-5-12(6-8-13)9-10-16/h2-8H,9-10H2,1H3,(H,18,19). The van der Waals surface area contributed by atoms with E-state index in [9.17, 15) is 4.79 Å². The highest BCUT2D eigenvalue weighted by Crippen LogP contribution is 2.12. The lowest BCUT2D eigenvalue weighted by molar-refractivity contribution is 0.102. The van der Waals surface area contributed by atoms with E-state index in [2.05, 4.69) is 26.2 Å². The van der Waals surface area contributed by atoms with Crippen LogP contribution in [-0.4, -0.2) is 16.2 Å². The minimum Gasteiger partial charge on any atom is -0.321 e. The smallest absolute Gasteiger partial charge is 0.274 e. The maximum atomic E-state index is 12.0. The Morgan fingerprint density at radius 2 is 1.95 bits per heavy atom. The summed E-state index contributed by atoms with van der Waals surface area (Å²) >= 11 is 3.40. The van der Waals surface area contributed by atoms with Crippen molar-refractivity contribution in [2.24, 2.45) is 0 Å². The monoisotopic (exact) mass is 318 g/mol. The van der Waals surface area contributed by atoms with E-state index in [0.717, 1.165) is 23.1 Å². The summed E-state index contributed by atoms with van der Waals surface area (Å²) in [5.41, 5.74) is 3.29. The fraction of sp³-hybridized carbons (Fsp3) is 0.200. The highest BCUT2D eigenvalue weighted by Gasteiger charge is 2.07. The molecule has 0 unspecified atom stereocenters. The van der Waals surface area contributed by atoms with Gasteiger partial charge in [-0.25, -0.2) is 4.98 Å². The summed E-state index contributed by atoms with van der Waals surface area (Å²) in [6.07, 6.45) is 0.980. The molecule has 0 aliphatic carbocycles. The second-order valence-electron chi connectivity index (χ2n) is 4.25. The van der Waals surface area contributed by atoms with Gasteiger partial charge in [0.15, 0.2) is 0 Å². The zero-order valence-electron chi connectivity index (χ0n) is 10.7. The minimum absolute atomic E-state index is 0.183. The van der Waals surface area contributed by atoms with Crippen LogP contribution in [0.3, 0.4) is 0 Å². The Hall–Kier alpha value is -1.68. The molecule has 2 aromatic rings. The zero-order chi connectivity index (χ0) is 13.7. The van der Waals surface area contributed by atoms with Gasteiger partial charge in [-0.2, -0.15) is 0 Å². The highest BCUT2D eigenvalue weighted by atomic mass is 79.9. The van der Waals surface area contributed by atoms with Gasteiger partial charge in [-0.15, -0.1) is 0 Å². The number of carbonyl (C=O) groups is 1. The van der Waals surface area contributed by atoms with Crippen LogP contribution in [-0.2, 0) is 6.42 Å². The van der Waals surface area contributed by atoms with Crippen LogP contribution in [0.4, 0.5) is 5.69 Å². The van der Waals surface area contributed by atoms with Gasteiger partial charge in [0, 0.05) is 16.7 Å². The quantitative estimate of drug-likeness (QED) is 0.875. The van der Waals surface area contributed by atoms with Gasteiger partial charge < -0.3 is 5.32 Å². The third kappa shape index (κ3) is 3.89. The lowest BCUT2D eigenvalue weighted by Crippen LogP contribution is -2.13. The molecule has 1 aromatic heterocycles. The van der Waals surface area contributed by atoms with E-state index in [4.69, 9.17) is 0 Å². The maximum absolute atomic E-state index is 12.0. The molecule has 0 bridgehead atoms. The van der Waals surface area contributed by atoms with Gasteiger partial charge in [0.25, 0.3) is 5.91 Å². The summed E-state index contributed by atoms with van der Waals surface area (Å²) in [4.78, 5) is 16.2. The molecule has 19 heavy (non-hydrogen) atoms. The number of hydrogen-bond donors (Lipinski definition) is 1. The second kappa shape index (κ2) is 6.48. The normalized spacial score (nSPS) is 10.2. The first-order chi connectivity index (χ1) is 9.19. The van der Waals surface area contributed by atoms with Crippen LogP contribution in [0.2, 0.25) is 0 Å². The lowest BCUT2D eigenvalue weighted by atomic mass is 10.1. The summed E-state index contributed by atoms with van der Waals surface area (Å²) in [6.45, 7) is 1.87. The Morgan fingerprint density at radius 3 is 2.58 bits per heavy atom. The number of anilines is 1. The molecule has 0 saturated carbocycles. The SMILES string of the molecule is Cc1cccc(C(=O)Nc2ccc(CCBr)cc2)n1. The molecule has 0 atom stereocenters. The molecular weight excluding hydrogens is 304 g/mol. The number of hydrogen-bond acceptors (Lipinski definition) is 2. The zero-order valence-corrected chi connectivity index (χ0v) is 12.3. The number of amides is 1. The number of rotatable bonds is 4. The molecule has 2 rings (SSSR count). The van der Waals surface area contributed by atoms with E-state index in [1.807, 2.05) is 43.3 Å². The van der Waals surface area contributed by atoms with E-state index < -0.39 is 0 Å². The van der Waals surface area contributed by atoms with E-state index in [1.54, 1.807) is 6.07 Å². The molecule has 0 saturated heterocycles. The van der Waals surface area contributed by atoms with Gasteiger partial charge in [-0.1, -0.05) is 34.1 Å². The van der Waals surface area contributed by atoms with Gasteiger partial charge in [0.1, 0.15) is 5.69 Å². The van der Waals surface area contributed by atoms with E-state index in [1.165, 1.54) is 5.56 Å². The van der Waals surface area contributed by atoms with Crippen LogP contribution in [0, 0.1) is 6.92 Å². The fourth-order valence-electron chi connectivity index (χ4n) is 1.73. The molecule has 0 radical (unpaired) electrons. The Morgan fingerprint density at radius 1 is 1.21 bits per heavy atom. The van der Waals surface area contributed by atoms with Crippen molar-refractivity contribution in [3.8, 4) is 0 Å². The molecular formula is C15H15BrN2O. The lowest BCUT2D eigenvalue weighted by Gasteiger charge is -2.06. The molecule has 4 heteroatoms. The molecule has 98 valence electrons. The topological polar surface area (TPSA) is 42.0 Å². The van der Waals surface area contributed by atoms with Crippen LogP contribution in [0.5, 0.6) is 0 Å². The molecule has 1 N–H and O–H groups in total. The molecule has 0 spiro atoms. The van der Waals surface area contributed by atoms with E-state index >= 15 is 0 Å². The summed E-state index contributed by atoms with van der Waals surface area (Å²) in [7, 11) is 0. The number of carbonyl (C=O) groups excluding carboxylic acids is 1. The third-order valence-electron chi connectivity index (χ3n) is 2.72. The number of pyridine rings is 1. The van der Waals surface area contributed by atoms with Crippen molar-refractivity contribution in [3.05, 3.63) is 59.4 Å². The maximum Gasteiger partial charge on any atom is 0.274 e. The van der Waals surface area contributed by atoms with Gasteiger partial charge in [-0.05, 0) is 43.2 Å². The minimum atomic E-state index is -0.183. The molecule has 0 aliphatic rings. The summed E-state index contributed by atoms with van der Waals surface area (Å²) in [5.74, 6) is -0.183. The van der Waals surface area contributed by atoms with Crippen molar-refractivity contribution in [2.75, 3.05) is 10.6 Å². The van der Waals surface area contributed by atoms with Gasteiger partial charge in [-0.3, -0.25) is 4.79 Å². The fourth-order valence-corrected chi connectivity index (χ4v) is 2.19. The number of benzene rings is 1. The number of nitrogens with zero attached hydrogens (tertiary/aromatic N) is 1. The van der Waals surface area contributed by atoms with Crippen LogP contribution < -0.4 is 5.32 Å². The summed E-state index contributed by atoms with van der Waals surface area (Å²) < 4.78 is 0. The molecule has 1 amide bonds. The van der Waals surface area contributed by atoms with Gasteiger partial charge in [0.2, 0.25) is 0 Å². The van der Waals surface area contributed by atoms with Crippen molar-refractivity contribution in [2.45, 2.75) is 13.3 Å². The van der Waals surface area contributed by atoms with Crippen molar-refractivity contribution in [1.29, 1.82) is 0 Å². The second-order valence-corrected chi connectivity index (χ2v) is 5.05. The first-order valence-corrected chi connectivity index (χ1v) is 7.21. The number of alkyl halides is 1. The van der Waals surface area contributed by atoms with Crippen LogP contribution >= 0.6 is 15.9 Å². The molecule has 0 fully saturated rings. The van der Waals surface area contributed by atoms with E-state index in [-0.39, 0.29) is 5.91 Å². The van der Waals surface area contributed by atoms with E-state index in [0.29, 0.717) is 5.69 Å². The average molecular weight is 319 g/mol. The van der Waals surface area contributed by atoms with Crippen molar-refractivity contribution in [1.82, 2.24) is 4.98 Å². The Kier molecular flexibility index (Phi) is 4.68. The molecule has 0 aliphatic heterocycles. The molecule has 1 heterocycles. The van der Waals surface area contributed by atoms with Gasteiger partial charge in [0.05, 0.1) is 0 Å². The van der Waals surface area contributed by atoms with Crippen molar-refractivity contribution < 1.29 is 4.79 Å². The van der Waals surface area contributed by atoms with Crippen molar-refractivity contribution in [3.63, 3.8) is 0 Å². The predicted octanol–water partition coefficient (Wildman–Crippen LogP) is 3.58. The summed E-state index contributed by atoms with van der Waals surface area (Å²) in [5, 5.41) is 3.78. The summed E-state index contributed by atoms with van der Waals surface area (Å²) in [6, 6.07) is 13.3. The Balaban J connectivity index is 2.06. The Bertz CT molecular complexity index is 567. The number of nitrogens with one attached hydrogen (secondary N) is 1. The van der Waals surface area contributed by atoms with Crippen LogP contribution in [0.25, 0.3) is 0 Å². The van der Waals surface area contributed by atoms with Crippen LogP contribution in [0.15, 0.2) is 42.5 Å². The van der Waals surface area contributed by atoms with Gasteiger partial charge >= 0.3 is 0 Å². The Labute approximate surface area is 121 Å². The molecule has 1 aromatic carbocycles. The largest absolute Gasteiger partial charge is 0.321 e. The highest BCUT2D eigenvalue weighted by molar-refractivity contribution is 9.09. The third-order valence-corrected chi connectivity index (χ3v) is 3.11. The van der Waals surface area contributed by atoms with Crippen LogP contribution in [0.1, 0.15) is 21.7 Å². The number of aryl methyl sites for hydroxylation is 2. The number of aromatic nitrogens is 1.